The summed E-state index contributed by atoms with van der Waals surface area (Å²) in [6.07, 6.45) is -0.0685. The van der Waals surface area contributed by atoms with Gasteiger partial charge in [-0.3, -0.25) is 9.59 Å². The van der Waals surface area contributed by atoms with Crippen molar-refractivity contribution in [2.24, 2.45) is 5.73 Å². The number of hydrogen-bond acceptors (Lipinski definition) is 7. The zero-order valence-electron chi connectivity index (χ0n) is 12.7. The van der Waals surface area contributed by atoms with Gasteiger partial charge in [-0.25, -0.2) is 4.79 Å². The van der Waals surface area contributed by atoms with Crippen molar-refractivity contribution in [2.75, 3.05) is 13.3 Å². The van der Waals surface area contributed by atoms with Crippen molar-refractivity contribution in [3.8, 4) is 11.8 Å². The molecule has 0 bridgehead atoms. The van der Waals surface area contributed by atoms with Gasteiger partial charge in [-0.1, -0.05) is 12.1 Å². The number of nitrogens with one attached hydrogen (secondary N) is 1. The van der Waals surface area contributed by atoms with Crippen molar-refractivity contribution in [2.45, 2.75) is 18.9 Å². The lowest BCUT2D eigenvalue weighted by atomic mass is 10.1. The van der Waals surface area contributed by atoms with Gasteiger partial charge in [0.2, 0.25) is 5.91 Å². The number of ether oxygens (including phenoxy) is 2. The van der Waals surface area contributed by atoms with Gasteiger partial charge in [0.05, 0.1) is 0 Å². The second-order valence-electron chi connectivity index (χ2n) is 4.60. The highest BCUT2D eigenvalue weighted by Crippen LogP contribution is 2.18. The number of aliphatic carboxylic acids is 1. The van der Waals surface area contributed by atoms with Crippen molar-refractivity contribution in [3.63, 3.8) is 0 Å². The van der Waals surface area contributed by atoms with Gasteiger partial charge in [-0.15, -0.1) is 0 Å². The molecule has 1 atom stereocenters. The number of benzene rings is 1. The number of esters is 1. The molecule has 9 heteroatoms. The number of nitrogens with zero attached hydrogens (tertiary/aromatic N) is 1. The number of rotatable bonds is 9. The molecule has 0 saturated carbocycles. The number of carbonyl (C=O) groups excluding carboxylic acids is 2. The standard InChI is InChI=1S/C15H17N3O6/c16-7-8-23-15(22)10-3-1-2-4-12(10)24-9-18-13(19)6-5-11(17)14(20)21/h1-4,11H,5-6,8-9,17H2,(H,18,19)(H,20,21)/t11-/m0/s1. The van der Waals surface area contributed by atoms with Crippen LogP contribution in [0.25, 0.3) is 0 Å². The smallest absolute Gasteiger partial charge is 0.342 e. The molecular formula is C15H17N3O6. The molecule has 0 saturated heterocycles. The molecule has 0 radical (unpaired) electrons. The van der Waals surface area contributed by atoms with E-state index >= 15 is 0 Å². The number of hydrogen-bond donors (Lipinski definition) is 3. The summed E-state index contributed by atoms with van der Waals surface area (Å²) in [5, 5.41) is 19.4. The molecule has 0 aliphatic rings. The minimum Gasteiger partial charge on any atom is -0.480 e. The molecular weight excluding hydrogens is 318 g/mol. The highest BCUT2D eigenvalue weighted by Gasteiger charge is 2.15. The second kappa shape index (κ2) is 9.81. The summed E-state index contributed by atoms with van der Waals surface area (Å²) in [5.74, 6) is -2.14. The molecule has 24 heavy (non-hydrogen) atoms. The van der Waals surface area contributed by atoms with E-state index in [0.29, 0.717) is 0 Å². The third-order valence-corrected chi connectivity index (χ3v) is 2.87. The Hall–Kier alpha value is -3.12. The third-order valence-electron chi connectivity index (χ3n) is 2.87. The number of nitriles is 1. The van der Waals surface area contributed by atoms with Gasteiger partial charge < -0.3 is 25.6 Å². The van der Waals surface area contributed by atoms with Crippen LogP contribution in [0.3, 0.4) is 0 Å². The van der Waals surface area contributed by atoms with Crippen LogP contribution in [0.5, 0.6) is 5.75 Å². The number of carbonyl (C=O) groups is 3. The Morgan fingerprint density at radius 2 is 2.04 bits per heavy atom. The molecule has 0 aliphatic carbocycles. The van der Waals surface area contributed by atoms with E-state index in [1.807, 2.05) is 0 Å². The maximum atomic E-state index is 11.8. The molecule has 4 N–H and O–H groups in total. The number of carboxylic acid groups (broad SMARTS) is 1. The zero-order valence-corrected chi connectivity index (χ0v) is 12.7. The van der Waals surface area contributed by atoms with E-state index in [2.05, 4.69) is 5.32 Å². The Labute approximate surface area is 138 Å². The van der Waals surface area contributed by atoms with Crippen LogP contribution in [0.4, 0.5) is 0 Å². The summed E-state index contributed by atoms with van der Waals surface area (Å²) in [7, 11) is 0. The predicted molar refractivity (Wildman–Crippen MR) is 80.8 cm³/mol. The van der Waals surface area contributed by atoms with Crippen LogP contribution in [0, 0.1) is 11.3 Å². The van der Waals surface area contributed by atoms with E-state index in [9.17, 15) is 14.4 Å². The molecule has 1 amide bonds. The van der Waals surface area contributed by atoms with E-state index in [4.69, 9.17) is 25.6 Å². The molecule has 0 aliphatic heterocycles. The maximum absolute atomic E-state index is 11.8. The van der Waals surface area contributed by atoms with Gasteiger partial charge in [0.15, 0.2) is 13.3 Å². The monoisotopic (exact) mass is 335 g/mol. The van der Waals surface area contributed by atoms with Crippen LogP contribution in [-0.4, -0.2) is 42.3 Å². The molecule has 128 valence electrons. The molecule has 0 fully saturated rings. The highest BCUT2D eigenvalue weighted by atomic mass is 16.5. The molecule has 0 unspecified atom stereocenters. The first-order chi connectivity index (χ1) is 11.5. The Morgan fingerprint density at radius 3 is 2.71 bits per heavy atom. The Bertz CT molecular complexity index is 640. The van der Waals surface area contributed by atoms with Crippen molar-refractivity contribution < 1.29 is 29.0 Å². The molecule has 9 nitrogen and oxygen atoms in total. The van der Waals surface area contributed by atoms with Gasteiger partial charge in [0.25, 0.3) is 0 Å². The maximum Gasteiger partial charge on any atom is 0.342 e. The number of carboxylic acids is 1. The largest absolute Gasteiger partial charge is 0.480 e. The Morgan fingerprint density at radius 1 is 1.33 bits per heavy atom. The minimum atomic E-state index is -1.18. The average molecular weight is 335 g/mol. The molecule has 0 aromatic heterocycles. The van der Waals surface area contributed by atoms with Crippen molar-refractivity contribution in [3.05, 3.63) is 29.8 Å². The summed E-state index contributed by atoms with van der Waals surface area (Å²) in [6.45, 7) is -0.600. The van der Waals surface area contributed by atoms with Crippen LogP contribution in [0.2, 0.25) is 0 Å². The summed E-state index contributed by atoms with van der Waals surface area (Å²) < 4.78 is 10.00. The number of nitrogens with two attached hydrogens (primary N) is 1. The molecule has 0 spiro atoms. The zero-order chi connectivity index (χ0) is 17.9. The fourth-order valence-electron chi connectivity index (χ4n) is 1.63. The van der Waals surface area contributed by atoms with Crippen molar-refractivity contribution in [1.82, 2.24) is 5.32 Å². The topological polar surface area (TPSA) is 152 Å². The normalized spacial score (nSPS) is 11.0. The van der Waals surface area contributed by atoms with Crippen LogP contribution in [0.15, 0.2) is 24.3 Å². The number of amides is 1. The lowest BCUT2D eigenvalue weighted by Gasteiger charge is -2.11. The van der Waals surface area contributed by atoms with E-state index in [-0.39, 0.29) is 37.5 Å². The number of para-hydroxylation sites is 1. The fraction of sp³-hybridized carbons (Fsp3) is 0.333. The minimum absolute atomic E-state index is 0.00175. The van der Waals surface area contributed by atoms with Gasteiger partial charge in [0.1, 0.15) is 23.4 Å². The molecule has 1 aromatic carbocycles. The summed E-state index contributed by atoms with van der Waals surface area (Å²) in [5.41, 5.74) is 5.41. The SMILES string of the molecule is N#CCOC(=O)c1ccccc1OCNC(=O)CC[C@H](N)C(=O)O. The van der Waals surface area contributed by atoms with Crippen molar-refractivity contribution in [1.29, 1.82) is 5.26 Å². The fourth-order valence-corrected chi connectivity index (χ4v) is 1.63. The van der Waals surface area contributed by atoms with E-state index in [1.165, 1.54) is 12.1 Å². The first-order valence-electron chi connectivity index (χ1n) is 6.96. The summed E-state index contributed by atoms with van der Waals surface area (Å²) >= 11 is 0. The third kappa shape index (κ3) is 6.33. The van der Waals surface area contributed by atoms with Crippen LogP contribution in [-0.2, 0) is 14.3 Å². The Balaban J connectivity index is 2.48. The van der Waals surface area contributed by atoms with Crippen LogP contribution in [0.1, 0.15) is 23.2 Å². The first kappa shape index (κ1) is 18.9. The van der Waals surface area contributed by atoms with Gasteiger partial charge in [-0.2, -0.15) is 5.26 Å². The second-order valence-corrected chi connectivity index (χ2v) is 4.60. The van der Waals surface area contributed by atoms with E-state index in [1.54, 1.807) is 18.2 Å². The predicted octanol–water partition coefficient (Wildman–Crippen LogP) is 0.0116. The lowest BCUT2D eigenvalue weighted by molar-refractivity contribution is -0.138. The van der Waals surface area contributed by atoms with E-state index in [0.717, 1.165) is 0 Å². The first-order valence-corrected chi connectivity index (χ1v) is 6.96. The van der Waals surface area contributed by atoms with Gasteiger partial charge in [0, 0.05) is 6.42 Å². The molecule has 1 rings (SSSR count). The molecule has 1 aromatic rings. The summed E-state index contributed by atoms with van der Waals surface area (Å²) in [4.78, 5) is 33.8. The lowest BCUT2D eigenvalue weighted by Crippen LogP contribution is -2.33. The van der Waals surface area contributed by atoms with E-state index < -0.39 is 23.9 Å². The van der Waals surface area contributed by atoms with Crippen LogP contribution < -0.4 is 15.8 Å². The molecule has 0 heterocycles. The van der Waals surface area contributed by atoms with Gasteiger partial charge in [-0.05, 0) is 18.6 Å². The van der Waals surface area contributed by atoms with Crippen molar-refractivity contribution >= 4 is 17.8 Å². The Kier molecular flexibility index (Phi) is 7.73. The quantitative estimate of drug-likeness (QED) is 0.421. The van der Waals surface area contributed by atoms with Crippen LogP contribution >= 0.6 is 0 Å². The summed E-state index contributed by atoms with van der Waals surface area (Å²) in [6, 6.07) is 6.78. The highest BCUT2D eigenvalue weighted by molar-refractivity contribution is 5.92. The average Bonchev–Trinajstić information content (AvgIpc) is 2.57. The van der Waals surface area contributed by atoms with Gasteiger partial charge >= 0.3 is 11.9 Å².